The molecule has 2 aromatic carbocycles. The number of methoxy groups -OCH3 is 1. The van der Waals surface area contributed by atoms with Crippen LogP contribution in [0.1, 0.15) is 113 Å². The van der Waals surface area contributed by atoms with Gasteiger partial charge in [0.1, 0.15) is 22.1 Å². The molecule has 5 heterocycles. The van der Waals surface area contributed by atoms with Gasteiger partial charge in [-0.1, -0.05) is 45.0 Å². The average molecular weight is 1020 g/mol. The highest BCUT2D eigenvalue weighted by molar-refractivity contribution is 7.90. The summed E-state index contributed by atoms with van der Waals surface area (Å²) >= 11 is 0. The van der Waals surface area contributed by atoms with Crippen molar-refractivity contribution in [1.82, 2.24) is 24.6 Å². The Kier molecular flexibility index (Phi) is 14.0. The number of piperidine rings is 1. The largest absolute Gasteiger partial charge is 0.478 e. The molecule has 4 N–H and O–H groups in total. The van der Waals surface area contributed by atoms with Gasteiger partial charge in [0.15, 0.2) is 5.75 Å². The SMILES string of the molecule is CCP1(=O)CCN(C2CC3(CCN(c4ccc(C(=O)NS(=O)(=O)c5cnc(NCC6CCC(C)(O)CC6)c([N+](=O)[O-])c5)c(Oc5cc6c(F)c[nH]c6nc5OC)c4)CC3)C2)[C@H](c2ccccc2C(C)C)C1. The number of pyridine rings is 2. The van der Waals surface area contributed by atoms with Crippen LogP contribution < -0.4 is 24.4 Å². The number of hydrogen-bond acceptors (Lipinski definition) is 14. The lowest BCUT2D eigenvalue weighted by molar-refractivity contribution is -0.384. The molecule has 1 spiro atoms. The van der Waals surface area contributed by atoms with Crippen LogP contribution in [0, 0.1) is 27.3 Å². The van der Waals surface area contributed by atoms with E-state index in [2.05, 4.69) is 75.1 Å². The summed E-state index contributed by atoms with van der Waals surface area (Å²) in [5.74, 6) is -1.44. The maximum Gasteiger partial charge on any atom is 0.312 e. The summed E-state index contributed by atoms with van der Waals surface area (Å²) in [6, 6.07) is 16.2. The Bertz CT molecular complexity index is 2980. The standard InChI is InChI=1S/C51H64FN8O9PS/c1-6-70(65)22-21-59(43(31-70)38-10-8-7-9-37(38)32(2)3)35-26-51(27-35)17-19-58(20-18-51)34-11-12-39(44(23-34)69-45-25-40-41(52)30-55-46(40)56-49(45)68-5)48(61)57-71(66,67)36-24-42(60(63)64)47(54-29-36)53-28-33-13-15-50(4,62)16-14-33/h7-12,23-25,29-30,32-33,35,43,62H,6,13-22,26-28,31H2,1-5H3,(H,53,54)(H,55,56)(H,57,61)/t33?,43-,50?,70?/m0/s1. The van der Waals surface area contributed by atoms with Gasteiger partial charge in [-0.05, 0) is 105 Å². The van der Waals surface area contributed by atoms with Crippen molar-refractivity contribution < 1.29 is 41.7 Å². The number of ether oxygens (including phenoxy) is 2. The molecular formula is C51H64FN8O9PS. The number of carbonyl (C=O) groups excluding carboxylic acids is 1. The van der Waals surface area contributed by atoms with Crippen molar-refractivity contribution in [2.45, 2.75) is 108 Å². The molecule has 0 bridgehead atoms. The molecule has 20 heteroatoms. The molecule has 5 aromatic rings. The zero-order valence-corrected chi connectivity index (χ0v) is 42.7. The number of carbonyl (C=O) groups is 1. The molecule has 4 aliphatic rings. The summed E-state index contributed by atoms with van der Waals surface area (Å²) < 4.78 is 70.3. The van der Waals surface area contributed by atoms with Gasteiger partial charge in [-0.15, -0.1) is 0 Å². The van der Waals surface area contributed by atoms with E-state index < -0.39 is 50.0 Å². The summed E-state index contributed by atoms with van der Waals surface area (Å²) in [4.78, 5) is 41.0. The molecule has 17 nitrogen and oxygen atoms in total. The molecular weight excluding hydrogens is 951 g/mol. The number of rotatable bonds is 15. The van der Waals surface area contributed by atoms with E-state index in [1.807, 2.05) is 4.72 Å². The number of aliphatic hydroxyl groups is 1. The first-order valence-corrected chi connectivity index (χ1v) is 28.4. The molecule has 4 fully saturated rings. The van der Waals surface area contributed by atoms with Crippen LogP contribution in [0.4, 0.5) is 21.6 Å². The number of benzene rings is 2. The molecule has 9 rings (SSSR count). The van der Waals surface area contributed by atoms with E-state index in [-0.39, 0.29) is 57.2 Å². The molecule has 1 unspecified atom stereocenters. The number of sulfonamides is 1. The number of anilines is 2. The monoisotopic (exact) mass is 1010 g/mol. The van der Waals surface area contributed by atoms with Crippen LogP contribution in [0.15, 0.2) is 71.9 Å². The summed E-state index contributed by atoms with van der Waals surface area (Å²) in [6.07, 6.45) is 10.8. The van der Waals surface area contributed by atoms with Gasteiger partial charge in [-0.2, -0.15) is 4.98 Å². The molecule has 2 aliphatic carbocycles. The summed E-state index contributed by atoms with van der Waals surface area (Å²) in [7, 11) is -5.66. The van der Waals surface area contributed by atoms with Crippen LogP contribution in [0.5, 0.6) is 17.4 Å². The number of aromatic nitrogens is 3. The van der Waals surface area contributed by atoms with Crippen LogP contribution in [-0.2, 0) is 14.6 Å². The first-order valence-electron chi connectivity index (χ1n) is 24.7. The highest BCUT2D eigenvalue weighted by Crippen LogP contribution is 2.58. The maximum atomic E-state index is 14.9. The number of nitro groups is 1. The summed E-state index contributed by atoms with van der Waals surface area (Å²) in [5, 5.41) is 25.6. The second-order valence-corrected chi connectivity index (χ2v) is 26.0. The van der Waals surface area contributed by atoms with Crippen molar-refractivity contribution >= 4 is 51.3 Å². The van der Waals surface area contributed by atoms with Gasteiger partial charge in [0.25, 0.3) is 21.8 Å². The molecule has 0 radical (unpaired) electrons. The third-order valence-electron chi connectivity index (χ3n) is 15.7. The molecule has 2 saturated heterocycles. The van der Waals surface area contributed by atoms with Crippen molar-refractivity contribution in [3.05, 3.63) is 99.6 Å². The third kappa shape index (κ3) is 10.5. The quantitative estimate of drug-likeness (QED) is 0.0436. The predicted molar refractivity (Wildman–Crippen MR) is 270 cm³/mol. The van der Waals surface area contributed by atoms with E-state index in [9.17, 15) is 37.4 Å². The minimum Gasteiger partial charge on any atom is -0.478 e. The van der Waals surface area contributed by atoms with Crippen LogP contribution in [0.3, 0.4) is 0 Å². The minimum atomic E-state index is -4.74. The molecule has 71 heavy (non-hydrogen) atoms. The number of aromatic amines is 1. The van der Waals surface area contributed by atoms with E-state index in [4.69, 9.17) is 9.47 Å². The second kappa shape index (κ2) is 19.8. The molecule has 2 atom stereocenters. The topological polar surface area (TPSA) is 222 Å². The minimum absolute atomic E-state index is 0.0215. The van der Waals surface area contributed by atoms with Crippen molar-refractivity contribution in [3.63, 3.8) is 0 Å². The lowest BCUT2D eigenvalue weighted by Gasteiger charge is -2.58. The van der Waals surface area contributed by atoms with Gasteiger partial charge in [-0.3, -0.25) is 19.8 Å². The highest BCUT2D eigenvalue weighted by atomic mass is 32.2. The molecule has 3 aromatic heterocycles. The Labute approximate surface area is 413 Å². The third-order valence-corrected chi connectivity index (χ3v) is 20.2. The molecule has 380 valence electrons. The van der Waals surface area contributed by atoms with E-state index in [1.165, 1.54) is 30.4 Å². The van der Waals surface area contributed by atoms with Crippen LogP contribution in [0.25, 0.3) is 11.0 Å². The van der Waals surface area contributed by atoms with Crippen molar-refractivity contribution in [2.75, 3.05) is 62.0 Å². The zero-order chi connectivity index (χ0) is 50.5. The maximum absolute atomic E-state index is 14.9. The smallest absolute Gasteiger partial charge is 0.312 e. The van der Waals surface area contributed by atoms with Crippen molar-refractivity contribution in [3.8, 4) is 17.4 Å². The van der Waals surface area contributed by atoms with Gasteiger partial charge in [0.05, 0.1) is 41.9 Å². The lowest BCUT2D eigenvalue weighted by Crippen LogP contribution is -2.57. The molecule has 1 amide bonds. The van der Waals surface area contributed by atoms with Crippen LogP contribution >= 0.6 is 7.14 Å². The molecule has 2 saturated carbocycles. The van der Waals surface area contributed by atoms with E-state index >= 15 is 0 Å². The van der Waals surface area contributed by atoms with Gasteiger partial charge in [0, 0.05) is 80.7 Å². The first-order chi connectivity index (χ1) is 33.8. The fourth-order valence-corrected chi connectivity index (χ4v) is 14.6. The number of nitrogens with zero attached hydrogens (tertiary/aromatic N) is 5. The zero-order valence-electron chi connectivity index (χ0n) is 40.9. The van der Waals surface area contributed by atoms with Crippen molar-refractivity contribution in [2.24, 2.45) is 11.3 Å². The average Bonchev–Trinajstić information content (AvgIpc) is 3.70. The highest BCUT2D eigenvalue weighted by Gasteiger charge is 2.51. The summed E-state index contributed by atoms with van der Waals surface area (Å²) in [6.45, 7) is 10.9. The second-order valence-electron chi connectivity index (χ2n) is 20.7. The Morgan fingerprint density at radius 3 is 2.49 bits per heavy atom. The number of hydrogen-bond donors (Lipinski definition) is 4. The number of amides is 1. The number of nitrogens with one attached hydrogen (secondary N) is 3. The van der Waals surface area contributed by atoms with E-state index in [1.54, 1.807) is 19.1 Å². The predicted octanol–water partition coefficient (Wildman–Crippen LogP) is 9.59. The van der Waals surface area contributed by atoms with Gasteiger partial charge in [0.2, 0.25) is 5.82 Å². The molecule has 2 aliphatic heterocycles. The van der Waals surface area contributed by atoms with Gasteiger partial charge >= 0.3 is 5.69 Å². The Balaban J connectivity index is 0.934. The lowest BCUT2D eigenvalue weighted by atomic mass is 9.59. The summed E-state index contributed by atoms with van der Waals surface area (Å²) in [5.41, 5.74) is 2.15. The first kappa shape index (κ1) is 50.3. The number of fused-ring (bicyclic) bond motifs is 1. The van der Waals surface area contributed by atoms with Gasteiger partial charge < -0.3 is 34.3 Å². The number of H-pyrrole nitrogens is 1. The van der Waals surface area contributed by atoms with E-state index in [0.29, 0.717) is 69.1 Å². The Hall–Kier alpha value is -5.62. The number of halogens is 1. The fourth-order valence-electron chi connectivity index (χ4n) is 11.3. The Morgan fingerprint density at radius 1 is 1.07 bits per heavy atom. The fraction of sp³-hybridized carbons (Fsp3) is 0.510. The van der Waals surface area contributed by atoms with Crippen molar-refractivity contribution in [1.29, 1.82) is 0 Å². The normalized spacial score (nSPS) is 23.9. The Morgan fingerprint density at radius 2 is 1.80 bits per heavy atom. The van der Waals surface area contributed by atoms with Crippen LogP contribution in [-0.4, -0.2) is 108 Å². The van der Waals surface area contributed by atoms with E-state index in [0.717, 1.165) is 63.0 Å². The van der Waals surface area contributed by atoms with Gasteiger partial charge in [-0.25, -0.2) is 22.5 Å². The van der Waals surface area contributed by atoms with Crippen LogP contribution in [0.2, 0.25) is 0 Å².